The number of aryl methyl sites for hydroxylation is 2. The lowest BCUT2D eigenvalue weighted by Crippen LogP contribution is -1.93. The number of fused-ring (bicyclic) bond motifs is 3. The van der Waals surface area contributed by atoms with Crippen molar-refractivity contribution in [2.45, 2.75) is 13.8 Å². The zero-order chi connectivity index (χ0) is 14.4. The number of rotatable bonds is 1. The lowest BCUT2D eigenvalue weighted by molar-refractivity contribution is 1.18. The molecule has 3 aromatic carbocycles. The molecule has 1 nitrogen and oxygen atoms in total. The second-order valence-corrected chi connectivity index (χ2v) is 5.71. The Morgan fingerprint density at radius 3 is 2.14 bits per heavy atom. The Balaban J connectivity index is 2.23. The van der Waals surface area contributed by atoms with Crippen molar-refractivity contribution in [1.82, 2.24) is 4.57 Å². The third-order valence-corrected chi connectivity index (χ3v) is 4.09. The molecule has 0 N–H and O–H groups in total. The molecule has 0 atom stereocenters. The third kappa shape index (κ3) is 1.85. The van der Waals surface area contributed by atoms with Gasteiger partial charge in [0.2, 0.25) is 0 Å². The van der Waals surface area contributed by atoms with Crippen LogP contribution in [0.15, 0.2) is 66.7 Å². The van der Waals surface area contributed by atoms with Crippen LogP contribution in [0, 0.1) is 13.8 Å². The molecule has 4 rings (SSSR count). The summed E-state index contributed by atoms with van der Waals surface area (Å²) in [4.78, 5) is 0. The maximum atomic E-state index is 2.36. The Hall–Kier alpha value is -2.54. The Morgan fingerprint density at radius 1 is 0.619 bits per heavy atom. The van der Waals surface area contributed by atoms with E-state index >= 15 is 0 Å². The van der Waals surface area contributed by atoms with E-state index in [2.05, 4.69) is 85.1 Å². The molecule has 0 saturated carbocycles. The van der Waals surface area contributed by atoms with Crippen LogP contribution in [0.3, 0.4) is 0 Å². The van der Waals surface area contributed by atoms with Gasteiger partial charge in [0, 0.05) is 16.5 Å². The van der Waals surface area contributed by atoms with Gasteiger partial charge in [0.1, 0.15) is 0 Å². The summed E-state index contributed by atoms with van der Waals surface area (Å²) in [6.07, 6.45) is 0. The van der Waals surface area contributed by atoms with Gasteiger partial charge in [0.15, 0.2) is 0 Å². The summed E-state index contributed by atoms with van der Waals surface area (Å²) >= 11 is 0. The minimum atomic E-state index is 1.21. The number of para-hydroxylation sites is 1. The maximum absolute atomic E-state index is 2.36. The van der Waals surface area contributed by atoms with E-state index in [4.69, 9.17) is 0 Å². The molecule has 0 amide bonds. The molecule has 0 unspecified atom stereocenters. The van der Waals surface area contributed by atoms with Crippen LogP contribution in [-0.2, 0) is 0 Å². The Kier molecular flexibility index (Phi) is 2.61. The SMILES string of the molecule is Cc1ccc2c(c1)c1ccc(C)cc1n2-c1ccccc1. The molecule has 4 aromatic rings. The van der Waals surface area contributed by atoms with Gasteiger partial charge in [-0.25, -0.2) is 0 Å². The molecule has 0 saturated heterocycles. The van der Waals surface area contributed by atoms with Crippen molar-refractivity contribution in [3.63, 3.8) is 0 Å². The molecule has 0 fully saturated rings. The largest absolute Gasteiger partial charge is 0.309 e. The topological polar surface area (TPSA) is 4.93 Å². The van der Waals surface area contributed by atoms with Gasteiger partial charge in [-0.2, -0.15) is 0 Å². The summed E-state index contributed by atoms with van der Waals surface area (Å²) in [5.74, 6) is 0. The molecule has 0 aliphatic carbocycles. The summed E-state index contributed by atoms with van der Waals surface area (Å²) in [5.41, 5.74) is 6.36. The number of hydrogen-bond acceptors (Lipinski definition) is 0. The molecule has 0 radical (unpaired) electrons. The maximum Gasteiger partial charge on any atom is 0.0543 e. The molecule has 1 aromatic heterocycles. The molecular formula is C20H17N. The van der Waals surface area contributed by atoms with E-state index < -0.39 is 0 Å². The van der Waals surface area contributed by atoms with Crippen LogP contribution in [0.4, 0.5) is 0 Å². The highest BCUT2D eigenvalue weighted by Gasteiger charge is 2.11. The van der Waals surface area contributed by atoms with E-state index in [0.717, 1.165) is 0 Å². The van der Waals surface area contributed by atoms with Crippen molar-refractivity contribution in [2.75, 3.05) is 0 Å². The van der Waals surface area contributed by atoms with E-state index in [-0.39, 0.29) is 0 Å². The first-order valence-corrected chi connectivity index (χ1v) is 7.31. The fourth-order valence-corrected chi connectivity index (χ4v) is 3.10. The highest BCUT2D eigenvalue weighted by Crippen LogP contribution is 2.32. The van der Waals surface area contributed by atoms with Crippen molar-refractivity contribution in [3.05, 3.63) is 77.9 Å². The van der Waals surface area contributed by atoms with Crippen LogP contribution >= 0.6 is 0 Å². The first-order chi connectivity index (χ1) is 10.2. The first-order valence-electron chi connectivity index (χ1n) is 7.31. The lowest BCUT2D eigenvalue weighted by atomic mass is 10.1. The molecule has 0 aliphatic heterocycles. The summed E-state index contributed by atoms with van der Waals surface area (Å²) in [7, 11) is 0. The number of nitrogens with zero attached hydrogens (tertiary/aromatic N) is 1. The number of hydrogen-bond donors (Lipinski definition) is 0. The van der Waals surface area contributed by atoms with Gasteiger partial charge < -0.3 is 4.57 Å². The lowest BCUT2D eigenvalue weighted by Gasteiger charge is -2.07. The summed E-state index contributed by atoms with van der Waals surface area (Å²) < 4.78 is 2.36. The van der Waals surface area contributed by atoms with Crippen LogP contribution in [0.1, 0.15) is 11.1 Å². The third-order valence-electron chi connectivity index (χ3n) is 4.09. The van der Waals surface area contributed by atoms with E-state index in [1.807, 2.05) is 0 Å². The van der Waals surface area contributed by atoms with Gasteiger partial charge in [0.25, 0.3) is 0 Å². The van der Waals surface area contributed by atoms with Crippen LogP contribution in [-0.4, -0.2) is 4.57 Å². The molecule has 1 heterocycles. The van der Waals surface area contributed by atoms with Crippen molar-refractivity contribution in [3.8, 4) is 5.69 Å². The van der Waals surface area contributed by atoms with Gasteiger partial charge in [-0.05, 0) is 49.7 Å². The molecule has 21 heavy (non-hydrogen) atoms. The summed E-state index contributed by atoms with van der Waals surface area (Å²) in [6.45, 7) is 4.30. The van der Waals surface area contributed by atoms with Gasteiger partial charge in [-0.3, -0.25) is 0 Å². The minimum absolute atomic E-state index is 1.21. The Morgan fingerprint density at radius 2 is 1.33 bits per heavy atom. The van der Waals surface area contributed by atoms with E-state index in [1.54, 1.807) is 0 Å². The van der Waals surface area contributed by atoms with Crippen molar-refractivity contribution in [2.24, 2.45) is 0 Å². The zero-order valence-electron chi connectivity index (χ0n) is 12.3. The molecule has 1 heteroatoms. The van der Waals surface area contributed by atoms with Gasteiger partial charge >= 0.3 is 0 Å². The predicted molar refractivity (Wildman–Crippen MR) is 90.3 cm³/mol. The van der Waals surface area contributed by atoms with Gasteiger partial charge in [-0.1, -0.05) is 42.0 Å². The van der Waals surface area contributed by atoms with Gasteiger partial charge in [-0.15, -0.1) is 0 Å². The molecule has 0 aliphatic rings. The zero-order valence-corrected chi connectivity index (χ0v) is 12.3. The normalized spacial score (nSPS) is 11.3. The summed E-state index contributed by atoms with van der Waals surface area (Å²) in [6, 6.07) is 24.0. The fourth-order valence-electron chi connectivity index (χ4n) is 3.10. The number of aromatic nitrogens is 1. The molecule has 0 bridgehead atoms. The van der Waals surface area contributed by atoms with Crippen LogP contribution < -0.4 is 0 Å². The highest BCUT2D eigenvalue weighted by atomic mass is 15.0. The quantitative estimate of drug-likeness (QED) is 0.437. The predicted octanol–water partition coefficient (Wildman–Crippen LogP) is 5.40. The van der Waals surface area contributed by atoms with Crippen molar-refractivity contribution >= 4 is 21.8 Å². The molecule has 0 spiro atoms. The minimum Gasteiger partial charge on any atom is -0.309 e. The highest BCUT2D eigenvalue weighted by molar-refractivity contribution is 6.09. The van der Waals surface area contributed by atoms with E-state index in [9.17, 15) is 0 Å². The Labute approximate surface area is 124 Å². The van der Waals surface area contributed by atoms with Crippen molar-refractivity contribution < 1.29 is 0 Å². The van der Waals surface area contributed by atoms with Crippen LogP contribution in [0.2, 0.25) is 0 Å². The second kappa shape index (κ2) is 4.49. The van der Waals surface area contributed by atoms with Crippen LogP contribution in [0.5, 0.6) is 0 Å². The van der Waals surface area contributed by atoms with E-state index in [0.29, 0.717) is 0 Å². The fraction of sp³-hybridized carbons (Fsp3) is 0.100. The smallest absolute Gasteiger partial charge is 0.0543 e. The van der Waals surface area contributed by atoms with E-state index in [1.165, 1.54) is 38.6 Å². The monoisotopic (exact) mass is 271 g/mol. The average molecular weight is 271 g/mol. The number of benzene rings is 3. The summed E-state index contributed by atoms with van der Waals surface area (Å²) in [5, 5.41) is 2.65. The van der Waals surface area contributed by atoms with Crippen LogP contribution in [0.25, 0.3) is 27.5 Å². The standard InChI is InChI=1S/C20H17N/c1-14-9-11-19-18(12-14)17-10-8-15(2)13-20(17)21(19)16-6-4-3-5-7-16/h3-13H,1-2H3. The second-order valence-electron chi connectivity index (χ2n) is 5.71. The average Bonchev–Trinajstić information content (AvgIpc) is 2.81. The van der Waals surface area contributed by atoms with Crippen molar-refractivity contribution in [1.29, 1.82) is 0 Å². The molecular weight excluding hydrogens is 254 g/mol. The Bertz CT molecular complexity index is 946. The molecule has 102 valence electrons. The first kappa shape index (κ1) is 12.2. The van der Waals surface area contributed by atoms with Gasteiger partial charge in [0.05, 0.1) is 11.0 Å².